The number of carbonyl (C=O) groups excluding carboxylic acids is 3. The summed E-state index contributed by atoms with van der Waals surface area (Å²) in [6, 6.07) is 4.93. The molecule has 0 saturated heterocycles. The highest BCUT2D eigenvalue weighted by Crippen LogP contribution is 2.27. The highest BCUT2D eigenvalue weighted by molar-refractivity contribution is 6.23. The van der Waals surface area contributed by atoms with Crippen molar-refractivity contribution in [3.05, 3.63) is 51.2 Å². The summed E-state index contributed by atoms with van der Waals surface area (Å²) >= 11 is 0. The second kappa shape index (κ2) is 6.31. The van der Waals surface area contributed by atoms with Gasteiger partial charge in [-0.15, -0.1) is 0 Å². The van der Waals surface area contributed by atoms with E-state index >= 15 is 0 Å². The van der Waals surface area contributed by atoms with E-state index in [-0.39, 0.29) is 28.1 Å². The Morgan fingerprint density at radius 2 is 1.89 bits per heavy atom. The maximum absolute atomic E-state index is 12.4. The van der Waals surface area contributed by atoms with Gasteiger partial charge >= 0.3 is 0 Å². The largest absolute Gasteiger partial charge is 0.338 e. The lowest BCUT2D eigenvalue weighted by atomic mass is 9.92. The van der Waals surface area contributed by atoms with Gasteiger partial charge in [0, 0.05) is 23.6 Å². The van der Waals surface area contributed by atoms with Gasteiger partial charge in [-0.2, -0.15) is 0 Å². The van der Waals surface area contributed by atoms with Gasteiger partial charge in [-0.25, -0.2) is 0 Å². The Kier molecular flexibility index (Phi) is 4.26. The molecule has 0 saturated carbocycles. The van der Waals surface area contributed by atoms with Gasteiger partial charge in [0.1, 0.15) is 6.54 Å². The monoisotopic (exact) mass is 372 g/mol. The van der Waals surface area contributed by atoms with E-state index in [1.54, 1.807) is 6.07 Å². The van der Waals surface area contributed by atoms with Crippen LogP contribution in [0.15, 0.2) is 28.8 Å². The predicted octanol–water partition coefficient (Wildman–Crippen LogP) is 2.12. The zero-order valence-electron chi connectivity index (χ0n) is 14.8. The standard InChI is InChI=1S/C17H16N4O6/c1-17(2,3)12-7-14(27-19-12)18-13(22)8-20-15(23)10-5-4-9(21(25)26)6-11(10)16(20)24/h4-7H,8H2,1-3H3,(H,18,22). The van der Waals surface area contributed by atoms with Crippen LogP contribution in [0.3, 0.4) is 0 Å². The third-order valence-corrected chi connectivity index (χ3v) is 4.01. The molecule has 3 amide bonds. The third kappa shape index (κ3) is 3.41. The fraction of sp³-hybridized carbons (Fsp3) is 0.294. The van der Waals surface area contributed by atoms with Crippen LogP contribution in [0.2, 0.25) is 0 Å². The molecule has 0 spiro atoms. The molecule has 27 heavy (non-hydrogen) atoms. The van der Waals surface area contributed by atoms with E-state index < -0.39 is 29.2 Å². The van der Waals surface area contributed by atoms with Crippen LogP contribution in [0.1, 0.15) is 47.2 Å². The molecule has 140 valence electrons. The Morgan fingerprint density at radius 1 is 1.22 bits per heavy atom. The minimum atomic E-state index is -0.762. The van der Waals surface area contributed by atoms with Gasteiger partial charge in [-0.3, -0.25) is 34.7 Å². The Morgan fingerprint density at radius 3 is 2.48 bits per heavy atom. The summed E-state index contributed by atoms with van der Waals surface area (Å²) in [5, 5.41) is 17.1. The second-order valence-corrected chi connectivity index (χ2v) is 7.06. The van der Waals surface area contributed by atoms with Gasteiger partial charge < -0.3 is 4.52 Å². The Labute approximate surface area is 153 Å². The number of rotatable bonds is 4. The summed E-state index contributed by atoms with van der Waals surface area (Å²) in [7, 11) is 0. The van der Waals surface area contributed by atoms with E-state index in [1.165, 1.54) is 6.07 Å². The number of carbonyl (C=O) groups is 3. The molecule has 0 aliphatic carbocycles. The number of anilines is 1. The molecule has 0 fully saturated rings. The number of imide groups is 1. The van der Waals surface area contributed by atoms with Crippen LogP contribution < -0.4 is 5.32 Å². The third-order valence-electron chi connectivity index (χ3n) is 4.01. The maximum atomic E-state index is 12.4. The smallest absolute Gasteiger partial charge is 0.270 e. The first-order valence-corrected chi connectivity index (χ1v) is 7.99. The summed E-state index contributed by atoms with van der Waals surface area (Å²) in [6.07, 6.45) is 0. The normalized spacial score (nSPS) is 13.7. The fourth-order valence-corrected chi connectivity index (χ4v) is 2.54. The highest BCUT2D eigenvalue weighted by atomic mass is 16.6. The molecule has 0 unspecified atom stereocenters. The molecule has 2 heterocycles. The molecular formula is C17H16N4O6. The lowest BCUT2D eigenvalue weighted by Gasteiger charge is -2.13. The fourth-order valence-electron chi connectivity index (χ4n) is 2.54. The van der Waals surface area contributed by atoms with E-state index in [1.807, 2.05) is 20.8 Å². The average Bonchev–Trinajstić information content (AvgIpc) is 3.14. The van der Waals surface area contributed by atoms with Crippen LogP contribution in [-0.2, 0) is 10.2 Å². The molecular weight excluding hydrogens is 356 g/mol. The van der Waals surface area contributed by atoms with E-state index in [9.17, 15) is 24.5 Å². The van der Waals surface area contributed by atoms with Crippen LogP contribution >= 0.6 is 0 Å². The van der Waals surface area contributed by atoms with Crippen molar-refractivity contribution in [2.75, 3.05) is 11.9 Å². The number of fused-ring (bicyclic) bond motifs is 1. The van der Waals surface area contributed by atoms with Crippen LogP contribution in [0.5, 0.6) is 0 Å². The molecule has 1 aromatic carbocycles. The van der Waals surface area contributed by atoms with Crippen LogP contribution in [-0.4, -0.2) is 39.2 Å². The molecule has 1 N–H and O–H groups in total. The Balaban J connectivity index is 1.73. The summed E-state index contributed by atoms with van der Waals surface area (Å²) < 4.78 is 5.04. The molecule has 0 atom stereocenters. The molecule has 1 aliphatic heterocycles. The molecule has 1 aromatic heterocycles. The van der Waals surface area contributed by atoms with Crippen molar-refractivity contribution < 1.29 is 23.8 Å². The van der Waals surface area contributed by atoms with Crippen molar-refractivity contribution in [3.8, 4) is 0 Å². The van der Waals surface area contributed by atoms with E-state index in [0.29, 0.717) is 5.69 Å². The topological polar surface area (TPSA) is 136 Å². The first kappa shape index (κ1) is 18.2. The number of amides is 3. The highest BCUT2D eigenvalue weighted by Gasteiger charge is 2.38. The minimum absolute atomic E-state index is 0.0214. The average molecular weight is 372 g/mol. The summed E-state index contributed by atoms with van der Waals surface area (Å²) in [5.74, 6) is -2.01. The van der Waals surface area contributed by atoms with E-state index in [4.69, 9.17) is 4.52 Å². The van der Waals surface area contributed by atoms with E-state index in [0.717, 1.165) is 17.0 Å². The first-order chi connectivity index (χ1) is 12.6. The lowest BCUT2D eigenvalue weighted by Crippen LogP contribution is -2.37. The molecule has 2 aromatic rings. The van der Waals surface area contributed by atoms with Gasteiger partial charge in [0.2, 0.25) is 11.8 Å². The van der Waals surface area contributed by atoms with E-state index in [2.05, 4.69) is 10.5 Å². The number of benzene rings is 1. The molecule has 0 bridgehead atoms. The van der Waals surface area contributed by atoms with Crippen molar-refractivity contribution in [3.63, 3.8) is 0 Å². The molecule has 0 radical (unpaired) electrons. The Bertz CT molecular complexity index is 972. The number of aromatic nitrogens is 1. The second-order valence-electron chi connectivity index (χ2n) is 7.06. The molecule has 3 rings (SSSR count). The predicted molar refractivity (Wildman–Crippen MR) is 92.3 cm³/mol. The van der Waals surface area contributed by atoms with Crippen LogP contribution in [0.4, 0.5) is 11.6 Å². The number of nitro benzene ring substituents is 1. The van der Waals surface area contributed by atoms with Gasteiger partial charge in [0.25, 0.3) is 17.5 Å². The number of nitrogens with zero attached hydrogens (tertiary/aromatic N) is 3. The molecule has 10 nitrogen and oxygen atoms in total. The quantitative estimate of drug-likeness (QED) is 0.493. The zero-order valence-corrected chi connectivity index (χ0v) is 14.8. The van der Waals surface area contributed by atoms with Crippen LogP contribution in [0.25, 0.3) is 0 Å². The summed E-state index contributed by atoms with van der Waals surface area (Å²) in [6.45, 7) is 5.23. The van der Waals surface area contributed by atoms with Crippen molar-refractivity contribution >= 4 is 29.3 Å². The van der Waals surface area contributed by atoms with Crippen molar-refractivity contribution in [2.45, 2.75) is 26.2 Å². The SMILES string of the molecule is CC(C)(C)c1cc(NC(=O)CN2C(=O)c3ccc([N+](=O)[O-])cc3C2=O)on1. The van der Waals surface area contributed by atoms with Gasteiger partial charge in [0.05, 0.1) is 21.7 Å². The van der Waals surface area contributed by atoms with Crippen molar-refractivity contribution in [2.24, 2.45) is 0 Å². The van der Waals surface area contributed by atoms with Gasteiger partial charge in [-0.1, -0.05) is 25.9 Å². The first-order valence-electron chi connectivity index (χ1n) is 7.99. The number of nitro groups is 1. The van der Waals surface area contributed by atoms with Gasteiger partial charge in [0.15, 0.2) is 0 Å². The number of hydrogen-bond donors (Lipinski definition) is 1. The number of hydrogen-bond acceptors (Lipinski definition) is 7. The van der Waals surface area contributed by atoms with Crippen molar-refractivity contribution in [1.82, 2.24) is 10.1 Å². The summed E-state index contributed by atoms with van der Waals surface area (Å²) in [4.78, 5) is 47.8. The lowest BCUT2D eigenvalue weighted by molar-refractivity contribution is -0.384. The Hall–Kier alpha value is -3.56. The van der Waals surface area contributed by atoms with Gasteiger partial charge in [-0.05, 0) is 6.07 Å². The summed E-state index contributed by atoms with van der Waals surface area (Å²) in [5.41, 5.74) is -0.0304. The minimum Gasteiger partial charge on any atom is -0.338 e. The maximum Gasteiger partial charge on any atom is 0.270 e. The van der Waals surface area contributed by atoms with Crippen LogP contribution in [0, 0.1) is 10.1 Å². The molecule has 10 heteroatoms. The number of non-ortho nitro benzene ring substituents is 1. The van der Waals surface area contributed by atoms with Crippen molar-refractivity contribution in [1.29, 1.82) is 0 Å². The zero-order chi connectivity index (χ0) is 19.9. The number of nitrogens with one attached hydrogen (secondary N) is 1. The molecule has 1 aliphatic rings.